The Hall–Kier alpha value is -0.870. The van der Waals surface area contributed by atoms with E-state index in [1.54, 1.807) is 6.08 Å². The average Bonchev–Trinajstić information content (AvgIpc) is 2.58. The number of aliphatic hydroxyl groups excluding tert-OH is 4. The van der Waals surface area contributed by atoms with Gasteiger partial charge in [0.15, 0.2) is 12.1 Å². The molecule has 2 fully saturated rings. The highest BCUT2D eigenvalue weighted by molar-refractivity contribution is 5.92. The third-order valence-electron chi connectivity index (χ3n) is 6.16. The number of fused-ring (bicyclic) bond motifs is 1. The third-order valence-corrected chi connectivity index (χ3v) is 6.16. The van der Waals surface area contributed by atoms with Crippen LogP contribution in [0.15, 0.2) is 11.6 Å². The number of hydrogen-bond donors (Lipinski definition) is 5. The van der Waals surface area contributed by atoms with E-state index < -0.39 is 42.9 Å². The molecular formula is C19H30O8. The maximum atomic E-state index is 12.0. The molecule has 8 heteroatoms. The van der Waals surface area contributed by atoms with Crippen LogP contribution in [0.5, 0.6) is 0 Å². The lowest BCUT2D eigenvalue weighted by molar-refractivity contribution is -0.309. The fraction of sp³-hybridized carbons (Fsp3) is 0.842. The Morgan fingerprint density at radius 2 is 1.89 bits per heavy atom. The lowest BCUT2D eigenvalue weighted by atomic mass is 9.60. The molecule has 0 amide bonds. The van der Waals surface area contributed by atoms with Crippen molar-refractivity contribution in [2.45, 2.75) is 75.8 Å². The molecule has 0 unspecified atom stereocenters. The first-order valence-corrected chi connectivity index (χ1v) is 9.44. The van der Waals surface area contributed by atoms with Gasteiger partial charge in [-0.15, -0.1) is 0 Å². The van der Waals surface area contributed by atoms with Crippen molar-refractivity contribution < 1.29 is 39.8 Å². The zero-order chi connectivity index (χ0) is 20.0. The molecule has 0 aromatic rings. The molecular weight excluding hydrogens is 356 g/mol. The van der Waals surface area contributed by atoms with Gasteiger partial charge in [-0.2, -0.15) is 0 Å². The van der Waals surface area contributed by atoms with Gasteiger partial charge in [0.25, 0.3) is 0 Å². The standard InChI is InChI=1S/C19H30O8/c1-18(2)7-11(21)5-10-6-19(25,4-3-12(10)18)9-26-17-16(24)15(23)14(22)13(8-20)27-17/h5,12-17,20,22-25H,3-4,6-9H2,1-2H3/t12-,13+,14+,15-,16+,17+,19-/m0/s1. The van der Waals surface area contributed by atoms with E-state index in [1.807, 2.05) is 0 Å². The second kappa shape index (κ2) is 7.51. The maximum Gasteiger partial charge on any atom is 0.186 e. The van der Waals surface area contributed by atoms with Gasteiger partial charge in [0.1, 0.15) is 24.4 Å². The van der Waals surface area contributed by atoms with Crippen molar-refractivity contribution in [1.82, 2.24) is 0 Å². The molecule has 27 heavy (non-hydrogen) atoms. The fourth-order valence-corrected chi connectivity index (χ4v) is 4.63. The summed E-state index contributed by atoms with van der Waals surface area (Å²) >= 11 is 0. The zero-order valence-corrected chi connectivity index (χ0v) is 15.7. The van der Waals surface area contributed by atoms with Crippen LogP contribution in [-0.2, 0) is 14.3 Å². The van der Waals surface area contributed by atoms with Gasteiger partial charge >= 0.3 is 0 Å². The van der Waals surface area contributed by atoms with Gasteiger partial charge in [-0.25, -0.2) is 0 Å². The first-order valence-electron chi connectivity index (χ1n) is 9.44. The summed E-state index contributed by atoms with van der Waals surface area (Å²) in [6.07, 6.45) is -3.19. The van der Waals surface area contributed by atoms with Crippen LogP contribution in [0.3, 0.4) is 0 Å². The topological polar surface area (TPSA) is 137 Å². The Bertz CT molecular complexity index is 601. The highest BCUT2D eigenvalue weighted by Gasteiger charge is 2.47. The molecule has 0 aromatic heterocycles. The van der Waals surface area contributed by atoms with Gasteiger partial charge in [0.2, 0.25) is 0 Å². The predicted molar refractivity (Wildman–Crippen MR) is 93.5 cm³/mol. The molecule has 2 aliphatic carbocycles. The minimum absolute atomic E-state index is 0.0605. The first-order chi connectivity index (χ1) is 12.6. The molecule has 1 saturated heterocycles. The fourth-order valence-electron chi connectivity index (χ4n) is 4.63. The van der Waals surface area contributed by atoms with E-state index in [-0.39, 0.29) is 23.7 Å². The summed E-state index contributed by atoms with van der Waals surface area (Å²) in [6.45, 7) is 3.43. The molecule has 3 aliphatic rings. The first kappa shape index (κ1) is 20.9. The number of carbonyl (C=O) groups excluding carboxylic acids is 1. The van der Waals surface area contributed by atoms with Crippen LogP contribution in [0.25, 0.3) is 0 Å². The Morgan fingerprint density at radius 1 is 1.19 bits per heavy atom. The van der Waals surface area contributed by atoms with Crippen molar-refractivity contribution in [3.63, 3.8) is 0 Å². The smallest absolute Gasteiger partial charge is 0.186 e. The van der Waals surface area contributed by atoms with Crippen molar-refractivity contribution in [2.75, 3.05) is 13.2 Å². The zero-order valence-electron chi connectivity index (χ0n) is 15.7. The summed E-state index contributed by atoms with van der Waals surface area (Å²) < 4.78 is 10.8. The number of ether oxygens (including phenoxy) is 2. The highest BCUT2D eigenvalue weighted by Crippen LogP contribution is 2.49. The van der Waals surface area contributed by atoms with E-state index >= 15 is 0 Å². The van der Waals surface area contributed by atoms with Crippen LogP contribution in [-0.4, -0.2) is 80.8 Å². The number of carbonyl (C=O) groups is 1. The average molecular weight is 386 g/mol. The molecule has 1 heterocycles. The molecule has 8 nitrogen and oxygen atoms in total. The van der Waals surface area contributed by atoms with E-state index in [2.05, 4.69) is 13.8 Å². The minimum Gasteiger partial charge on any atom is -0.394 e. The van der Waals surface area contributed by atoms with Crippen LogP contribution in [0, 0.1) is 11.3 Å². The molecule has 5 N–H and O–H groups in total. The lowest BCUT2D eigenvalue weighted by Crippen LogP contribution is -2.59. The van der Waals surface area contributed by atoms with Gasteiger partial charge in [0, 0.05) is 12.8 Å². The van der Waals surface area contributed by atoms with Gasteiger partial charge in [-0.05, 0) is 30.3 Å². The van der Waals surface area contributed by atoms with Crippen molar-refractivity contribution >= 4 is 5.78 Å². The van der Waals surface area contributed by atoms with Crippen molar-refractivity contribution in [2.24, 2.45) is 11.3 Å². The Labute approximate surface area is 158 Å². The highest BCUT2D eigenvalue weighted by atomic mass is 16.7. The summed E-state index contributed by atoms with van der Waals surface area (Å²) in [4.78, 5) is 12.0. The monoisotopic (exact) mass is 386 g/mol. The maximum absolute atomic E-state index is 12.0. The van der Waals surface area contributed by atoms with Gasteiger partial charge < -0.3 is 35.0 Å². The number of hydrogen-bond acceptors (Lipinski definition) is 8. The molecule has 0 aromatic carbocycles. The molecule has 1 saturated carbocycles. The Kier molecular flexibility index (Phi) is 5.80. The quantitative estimate of drug-likeness (QED) is 0.426. The van der Waals surface area contributed by atoms with Crippen LogP contribution in [0.2, 0.25) is 0 Å². The summed E-state index contributed by atoms with van der Waals surface area (Å²) in [6, 6.07) is 0. The third kappa shape index (κ3) is 4.12. The SMILES string of the molecule is CC1(C)CC(=O)C=C2C[C@](O)(CO[C@@H]3O[C@H](CO)[C@@H](O)[C@H](O)[C@H]3O)CC[C@@H]21. The van der Waals surface area contributed by atoms with E-state index in [0.717, 1.165) is 12.0 Å². The number of ketones is 1. The summed E-state index contributed by atoms with van der Waals surface area (Å²) in [5.74, 6) is 0.299. The largest absolute Gasteiger partial charge is 0.394 e. The van der Waals surface area contributed by atoms with Crippen LogP contribution >= 0.6 is 0 Å². The van der Waals surface area contributed by atoms with Crippen LogP contribution < -0.4 is 0 Å². The normalized spacial score (nSPS) is 44.6. The van der Waals surface area contributed by atoms with Gasteiger partial charge in [-0.1, -0.05) is 19.4 Å². The second-order valence-electron chi connectivity index (χ2n) is 8.85. The Morgan fingerprint density at radius 3 is 2.56 bits per heavy atom. The molecule has 1 aliphatic heterocycles. The Balaban J connectivity index is 1.65. The van der Waals surface area contributed by atoms with Crippen LogP contribution in [0.4, 0.5) is 0 Å². The van der Waals surface area contributed by atoms with Gasteiger partial charge in [-0.3, -0.25) is 4.79 Å². The molecule has 7 atom stereocenters. The lowest BCUT2D eigenvalue weighted by Gasteiger charge is -2.47. The number of rotatable bonds is 4. The number of allylic oxidation sites excluding steroid dienone is 1. The van der Waals surface area contributed by atoms with Crippen LogP contribution in [0.1, 0.15) is 39.5 Å². The summed E-state index contributed by atoms with van der Waals surface area (Å²) in [5.41, 5.74) is -0.433. The van der Waals surface area contributed by atoms with E-state index in [4.69, 9.17) is 9.47 Å². The van der Waals surface area contributed by atoms with E-state index in [9.17, 15) is 30.3 Å². The molecule has 0 radical (unpaired) electrons. The van der Waals surface area contributed by atoms with Gasteiger partial charge in [0.05, 0.1) is 18.8 Å². The molecule has 0 spiro atoms. The molecule has 154 valence electrons. The minimum atomic E-state index is -1.52. The summed E-state index contributed by atoms with van der Waals surface area (Å²) in [7, 11) is 0. The predicted octanol–water partition coefficient (Wildman–Crippen LogP) is -0.740. The number of aliphatic hydroxyl groups is 5. The van der Waals surface area contributed by atoms with E-state index in [1.165, 1.54) is 0 Å². The van der Waals surface area contributed by atoms with Crippen molar-refractivity contribution in [1.29, 1.82) is 0 Å². The second-order valence-corrected chi connectivity index (χ2v) is 8.85. The molecule has 0 bridgehead atoms. The van der Waals surface area contributed by atoms with Crippen molar-refractivity contribution in [3.8, 4) is 0 Å². The van der Waals surface area contributed by atoms with E-state index in [0.29, 0.717) is 19.3 Å². The van der Waals surface area contributed by atoms with Crippen molar-refractivity contribution in [3.05, 3.63) is 11.6 Å². The molecule has 3 rings (SSSR count). The summed E-state index contributed by atoms with van der Waals surface area (Å²) in [5, 5.41) is 49.9.